The molecule has 5 aliphatic rings. The highest BCUT2D eigenvalue weighted by atomic mass is 32.2. The van der Waals surface area contributed by atoms with Gasteiger partial charge in [-0.25, -0.2) is 0 Å². The normalized spacial score (nSPS) is 34.5. The largest absolute Gasteiger partial charge is 0.498 e. The lowest BCUT2D eigenvalue weighted by Gasteiger charge is -2.50. The van der Waals surface area contributed by atoms with Gasteiger partial charge in [0.1, 0.15) is 5.78 Å². The molecule has 0 radical (unpaired) electrons. The van der Waals surface area contributed by atoms with Crippen molar-refractivity contribution in [2.24, 2.45) is 35.0 Å². The van der Waals surface area contributed by atoms with E-state index in [-0.39, 0.29) is 9.49 Å². The van der Waals surface area contributed by atoms with E-state index in [0.29, 0.717) is 48.1 Å². The summed E-state index contributed by atoms with van der Waals surface area (Å²) in [5.74, 6) is 6.00. The number of rotatable bonds is 13. The Hall–Kier alpha value is -0.910. The molecule has 0 aromatic heterocycles. The zero-order valence-electron chi connectivity index (χ0n) is 30.4. The molecule has 0 saturated heterocycles. The van der Waals surface area contributed by atoms with Crippen LogP contribution in [0.1, 0.15) is 138 Å². The van der Waals surface area contributed by atoms with Crippen molar-refractivity contribution in [3.8, 4) is 0 Å². The molecule has 3 saturated carbocycles. The molecular weight excluding hydrogens is 603 g/mol. The number of carbonyl (C=O) groups excluding carboxylic acids is 1. The van der Waals surface area contributed by atoms with Gasteiger partial charge < -0.3 is 10.1 Å². The maximum Gasteiger partial charge on any atom is 0.139 e. The number of ketones is 1. The number of hydrogen-bond donors (Lipinski definition) is 2. The number of ether oxygens (including phenoxy) is 1. The van der Waals surface area contributed by atoms with E-state index in [0.717, 1.165) is 68.8 Å². The number of carbonyl (C=O) groups is 1. The minimum atomic E-state index is -0.160. The summed E-state index contributed by atoms with van der Waals surface area (Å²) >= 11 is 7.18. The first-order valence-electron chi connectivity index (χ1n) is 19.4. The Morgan fingerprint density at radius 3 is 2.54 bits per heavy atom. The summed E-state index contributed by atoms with van der Waals surface area (Å²) in [6.07, 6.45) is 27.1. The van der Waals surface area contributed by atoms with E-state index in [2.05, 4.69) is 70.3 Å². The predicted molar refractivity (Wildman–Crippen MR) is 203 cm³/mol. The van der Waals surface area contributed by atoms with Crippen LogP contribution < -0.4 is 5.32 Å². The fourth-order valence-electron chi connectivity index (χ4n) is 9.97. The molecule has 8 unspecified atom stereocenters. The van der Waals surface area contributed by atoms with Crippen LogP contribution >= 0.6 is 24.4 Å². The summed E-state index contributed by atoms with van der Waals surface area (Å²) in [5, 5.41) is 3.91. The summed E-state index contributed by atoms with van der Waals surface area (Å²) in [4.78, 5) is 13.7. The Balaban J connectivity index is 0.00000235. The third-order valence-electron chi connectivity index (χ3n) is 12.3. The topological polar surface area (TPSA) is 38.3 Å². The maximum atomic E-state index is 13.7. The second-order valence-corrected chi connectivity index (χ2v) is 17.4. The van der Waals surface area contributed by atoms with Gasteiger partial charge in [0.05, 0.1) is 16.4 Å². The highest BCUT2D eigenvalue weighted by Crippen LogP contribution is 2.62. The van der Waals surface area contributed by atoms with Crippen LogP contribution in [0.15, 0.2) is 47.3 Å². The van der Waals surface area contributed by atoms with E-state index >= 15 is 0 Å². The Morgan fingerprint density at radius 1 is 1.04 bits per heavy atom. The second kappa shape index (κ2) is 17.7. The van der Waals surface area contributed by atoms with Crippen molar-refractivity contribution in [3.63, 3.8) is 0 Å². The van der Waals surface area contributed by atoms with Gasteiger partial charge in [0.2, 0.25) is 0 Å². The van der Waals surface area contributed by atoms with Crippen LogP contribution in [0.4, 0.5) is 0 Å². The zero-order valence-corrected chi connectivity index (χ0v) is 32.1. The fourth-order valence-corrected chi connectivity index (χ4v) is 11.6. The fraction of sp³-hybridized carbons (Fsp3) is 0.780. The standard InChI is InChI=1S/C39H61NO2S2.C2H6/c1-6-11-36(40-29(7-2)8-3)28-12-10-13-30(16-15-28)42-25-24-38-22-20-31-32-21-23-39(43,44-9-4)26-34(32)27(5)14-17-33(31)35(38)18-19-37(38)41;1-2/h10,12-13,15,26-27,29,31-33,35-36,40,43H,6-9,11,14,16-25H2,1-5H3;1-2H3. The smallest absolute Gasteiger partial charge is 0.139 e. The summed E-state index contributed by atoms with van der Waals surface area (Å²) in [5.41, 5.74) is 2.93. The summed E-state index contributed by atoms with van der Waals surface area (Å²) in [6, 6.07) is 0.962. The number of hydrogen-bond acceptors (Lipinski definition) is 5. The average Bonchev–Trinajstić information content (AvgIpc) is 3.18. The van der Waals surface area contributed by atoms with E-state index in [9.17, 15) is 4.79 Å². The van der Waals surface area contributed by atoms with Crippen LogP contribution in [0.2, 0.25) is 0 Å². The summed E-state index contributed by atoms with van der Waals surface area (Å²) < 4.78 is 6.52. The molecule has 3 nitrogen and oxygen atoms in total. The van der Waals surface area contributed by atoms with Crippen molar-refractivity contribution in [3.05, 3.63) is 47.3 Å². The van der Waals surface area contributed by atoms with Gasteiger partial charge in [0.25, 0.3) is 0 Å². The molecule has 0 bridgehead atoms. The monoisotopic (exact) mass is 669 g/mol. The molecule has 0 aromatic rings. The number of fused-ring (bicyclic) bond motifs is 5. The van der Waals surface area contributed by atoms with E-state index < -0.39 is 0 Å². The quantitative estimate of drug-likeness (QED) is 0.116. The number of Topliss-reactive ketones (excluding diaryl/α,β-unsaturated/α-hetero) is 1. The number of allylic oxidation sites excluding steroid dienone is 4. The molecule has 0 amide bonds. The molecule has 5 heteroatoms. The predicted octanol–water partition coefficient (Wildman–Crippen LogP) is 11.3. The van der Waals surface area contributed by atoms with Crippen molar-refractivity contribution in [1.82, 2.24) is 5.32 Å². The number of nitrogens with one attached hydrogen (secondary N) is 1. The average molecular weight is 670 g/mol. The Kier molecular flexibility index (Phi) is 14.5. The molecule has 8 atom stereocenters. The van der Waals surface area contributed by atoms with Crippen LogP contribution in [0.3, 0.4) is 0 Å². The lowest BCUT2D eigenvalue weighted by molar-refractivity contribution is -0.133. The highest BCUT2D eigenvalue weighted by Gasteiger charge is 2.58. The molecule has 5 aliphatic carbocycles. The van der Waals surface area contributed by atoms with Gasteiger partial charge >= 0.3 is 0 Å². The van der Waals surface area contributed by atoms with Gasteiger partial charge in [0, 0.05) is 30.3 Å². The molecule has 46 heavy (non-hydrogen) atoms. The van der Waals surface area contributed by atoms with E-state index in [1.54, 1.807) is 5.57 Å². The highest BCUT2D eigenvalue weighted by molar-refractivity contribution is 8.11. The third-order valence-corrected chi connectivity index (χ3v) is 14.2. The lowest BCUT2D eigenvalue weighted by Crippen LogP contribution is -2.46. The van der Waals surface area contributed by atoms with Gasteiger partial charge in [-0.2, -0.15) is 12.6 Å². The molecule has 260 valence electrons. The van der Waals surface area contributed by atoms with E-state index in [4.69, 9.17) is 17.4 Å². The van der Waals surface area contributed by atoms with Gasteiger partial charge in [-0.3, -0.25) is 4.79 Å². The Labute approximate surface area is 293 Å². The van der Waals surface area contributed by atoms with Crippen molar-refractivity contribution in [2.45, 2.75) is 155 Å². The SMILES string of the molecule is CC.CCCC(NC(CC)CC)C1=CCC(OCCC23CCC4C5CCC(S)(SCC)C=C5C(C)CCC4C2CCC3=O)=CC=C1. The number of thiol groups is 1. The Bertz CT molecular complexity index is 1120. The first kappa shape index (κ1) is 37.9. The van der Waals surface area contributed by atoms with Crippen LogP contribution in [-0.2, 0) is 9.53 Å². The van der Waals surface area contributed by atoms with Gasteiger partial charge in [-0.05, 0) is 118 Å². The van der Waals surface area contributed by atoms with Crippen LogP contribution in [0.25, 0.3) is 0 Å². The van der Waals surface area contributed by atoms with Crippen LogP contribution in [-0.4, -0.2) is 34.3 Å². The van der Waals surface area contributed by atoms with Crippen molar-refractivity contribution in [1.29, 1.82) is 0 Å². The minimum absolute atomic E-state index is 0.00640. The lowest BCUT2D eigenvalue weighted by atomic mass is 9.54. The van der Waals surface area contributed by atoms with Gasteiger partial charge in [-0.1, -0.05) is 84.8 Å². The minimum Gasteiger partial charge on any atom is -0.498 e. The second-order valence-electron chi connectivity index (χ2n) is 14.7. The molecule has 5 rings (SSSR count). The van der Waals surface area contributed by atoms with E-state index in [1.165, 1.54) is 44.1 Å². The molecule has 0 spiro atoms. The first-order chi connectivity index (χ1) is 22.3. The molecule has 0 aliphatic heterocycles. The van der Waals surface area contributed by atoms with Crippen LogP contribution in [0, 0.1) is 35.0 Å². The molecule has 0 aromatic carbocycles. The van der Waals surface area contributed by atoms with Gasteiger partial charge in [-0.15, -0.1) is 11.8 Å². The van der Waals surface area contributed by atoms with Crippen molar-refractivity contribution >= 4 is 30.2 Å². The molecule has 0 heterocycles. The van der Waals surface area contributed by atoms with E-state index in [1.807, 2.05) is 25.6 Å². The third kappa shape index (κ3) is 8.44. The number of thioether (sulfide) groups is 1. The zero-order chi connectivity index (χ0) is 33.3. The Morgan fingerprint density at radius 2 is 1.83 bits per heavy atom. The maximum absolute atomic E-state index is 13.7. The summed E-state index contributed by atoms with van der Waals surface area (Å²) in [6.45, 7) is 16.2. The van der Waals surface area contributed by atoms with Crippen LogP contribution in [0.5, 0.6) is 0 Å². The first-order valence-corrected chi connectivity index (χ1v) is 20.8. The molecule has 1 N–H and O–H groups in total. The van der Waals surface area contributed by atoms with Crippen molar-refractivity contribution < 1.29 is 9.53 Å². The summed E-state index contributed by atoms with van der Waals surface area (Å²) in [7, 11) is 0. The molecule has 3 fully saturated rings. The van der Waals surface area contributed by atoms with Crippen molar-refractivity contribution in [2.75, 3.05) is 12.4 Å². The van der Waals surface area contributed by atoms with Gasteiger partial charge in [0.15, 0.2) is 0 Å². The molecular formula is C41H67NO2S2.